The first kappa shape index (κ1) is 7.35. The summed E-state index contributed by atoms with van der Waals surface area (Å²) in [4.78, 5) is 0. The molecule has 0 rings (SSSR count). The third-order valence-electron chi connectivity index (χ3n) is 1.15. The molecule has 7 heavy (non-hydrogen) atoms. The molecule has 0 aliphatic rings. The normalized spacial score (nSPS) is 16.7. The van der Waals surface area contributed by atoms with Gasteiger partial charge < -0.3 is 0 Å². The van der Waals surface area contributed by atoms with Gasteiger partial charge in [0, 0.05) is 0 Å². The van der Waals surface area contributed by atoms with Gasteiger partial charge in [0.1, 0.15) is 0 Å². The van der Waals surface area contributed by atoms with E-state index in [2.05, 4.69) is 20.1 Å². The Morgan fingerprint density at radius 3 is 2.00 bits per heavy atom. The van der Waals surface area contributed by atoms with E-state index in [1.165, 1.54) is 17.9 Å². The zero-order valence-electron chi connectivity index (χ0n) is 5.57. The number of hydrogen-bond donors (Lipinski definition) is 1. The first-order valence-corrected chi connectivity index (χ1v) is 5.15. The molecule has 0 amide bonds. The SMILES string of the molecule is CCC[SH](C)CC. The number of rotatable bonds is 3. The fourth-order valence-corrected chi connectivity index (χ4v) is 1.62. The zero-order valence-corrected chi connectivity index (χ0v) is 6.46. The van der Waals surface area contributed by atoms with Crippen LogP contribution in [0.15, 0.2) is 0 Å². The minimum atomic E-state index is 0.422. The van der Waals surface area contributed by atoms with E-state index in [0.717, 1.165) is 0 Å². The predicted molar refractivity (Wildman–Crippen MR) is 40.6 cm³/mol. The van der Waals surface area contributed by atoms with E-state index < -0.39 is 0 Å². The minimum Gasteiger partial charge on any atom is -0.257 e. The lowest BCUT2D eigenvalue weighted by Crippen LogP contribution is -1.85. The maximum Gasteiger partial charge on any atom is -0.0258 e. The first-order valence-electron chi connectivity index (χ1n) is 2.99. The summed E-state index contributed by atoms with van der Waals surface area (Å²) in [5.74, 6) is 2.87. The summed E-state index contributed by atoms with van der Waals surface area (Å²) in [5.41, 5.74) is 0. The van der Waals surface area contributed by atoms with Crippen molar-refractivity contribution >= 4 is 10.9 Å². The van der Waals surface area contributed by atoms with Gasteiger partial charge in [-0.25, -0.2) is 0 Å². The standard InChI is InChI=1S/C6H16S/c1-4-6-7(3)5-2/h7H,4-6H2,1-3H3. The molecule has 1 unspecified atom stereocenters. The Kier molecular flexibility index (Phi) is 4.73. The van der Waals surface area contributed by atoms with Gasteiger partial charge in [-0.2, -0.15) is 0 Å². The van der Waals surface area contributed by atoms with Crippen LogP contribution < -0.4 is 0 Å². The second-order valence-electron chi connectivity index (χ2n) is 1.90. The van der Waals surface area contributed by atoms with E-state index in [1.807, 2.05) is 0 Å². The zero-order chi connectivity index (χ0) is 5.70. The van der Waals surface area contributed by atoms with E-state index in [1.54, 1.807) is 0 Å². The molecule has 0 aromatic rings. The Labute approximate surface area is 49.7 Å². The lowest BCUT2D eigenvalue weighted by Gasteiger charge is -2.09. The Morgan fingerprint density at radius 2 is 1.86 bits per heavy atom. The molecule has 46 valence electrons. The monoisotopic (exact) mass is 120 g/mol. The molecule has 1 atom stereocenters. The fraction of sp³-hybridized carbons (Fsp3) is 1.00. The summed E-state index contributed by atoms with van der Waals surface area (Å²) in [6.45, 7) is 4.54. The molecule has 0 saturated heterocycles. The first-order chi connectivity index (χ1) is 3.31. The number of hydrogen-bond acceptors (Lipinski definition) is 0. The highest BCUT2D eigenvalue weighted by Gasteiger charge is 1.86. The van der Waals surface area contributed by atoms with Gasteiger partial charge in [-0.05, 0) is 24.2 Å². The minimum absolute atomic E-state index is 0.422. The number of thiol groups is 1. The van der Waals surface area contributed by atoms with Crippen LogP contribution in [0.1, 0.15) is 20.3 Å². The van der Waals surface area contributed by atoms with Gasteiger partial charge >= 0.3 is 0 Å². The molecule has 0 radical (unpaired) electrons. The van der Waals surface area contributed by atoms with Crippen molar-refractivity contribution in [3.8, 4) is 0 Å². The van der Waals surface area contributed by atoms with E-state index >= 15 is 0 Å². The average Bonchev–Trinajstić information content (AvgIpc) is 1.68. The van der Waals surface area contributed by atoms with Crippen LogP contribution in [0.3, 0.4) is 0 Å². The molecule has 0 aliphatic carbocycles. The topological polar surface area (TPSA) is 0 Å². The van der Waals surface area contributed by atoms with Crippen LogP contribution in [-0.2, 0) is 0 Å². The van der Waals surface area contributed by atoms with Gasteiger partial charge in [-0.3, -0.25) is 10.9 Å². The van der Waals surface area contributed by atoms with Gasteiger partial charge in [0.15, 0.2) is 0 Å². The van der Waals surface area contributed by atoms with Crippen LogP contribution in [-0.4, -0.2) is 17.8 Å². The molecule has 0 aromatic carbocycles. The van der Waals surface area contributed by atoms with Crippen molar-refractivity contribution in [2.45, 2.75) is 20.3 Å². The van der Waals surface area contributed by atoms with Crippen LogP contribution in [0, 0.1) is 0 Å². The summed E-state index contributed by atoms with van der Waals surface area (Å²) < 4.78 is 0. The molecule has 0 nitrogen and oxygen atoms in total. The molecule has 0 spiro atoms. The van der Waals surface area contributed by atoms with Crippen molar-refractivity contribution in [3.05, 3.63) is 0 Å². The van der Waals surface area contributed by atoms with Crippen LogP contribution in [0.2, 0.25) is 0 Å². The van der Waals surface area contributed by atoms with Crippen molar-refractivity contribution in [3.63, 3.8) is 0 Å². The third kappa shape index (κ3) is 4.20. The molecule has 0 fully saturated rings. The Hall–Kier alpha value is 0.350. The third-order valence-corrected chi connectivity index (χ3v) is 3.44. The predicted octanol–water partition coefficient (Wildman–Crippen LogP) is 2.05. The van der Waals surface area contributed by atoms with Crippen LogP contribution in [0.25, 0.3) is 0 Å². The maximum atomic E-state index is 2.37. The molecule has 0 heterocycles. The van der Waals surface area contributed by atoms with Gasteiger partial charge in [0.2, 0.25) is 0 Å². The Bertz CT molecular complexity index is 35.2. The van der Waals surface area contributed by atoms with Gasteiger partial charge in [0.25, 0.3) is 0 Å². The largest absolute Gasteiger partial charge is 0.257 e. The highest BCUT2D eigenvalue weighted by Crippen LogP contribution is 2.18. The average molecular weight is 120 g/mol. The molecule has 0 N–H and O–H groups in total. The fourth-order valence-electron chi connectivity index (χ4n) is 0.540. The molecule has 1 heteroatoms. The summed E-state index contributed by atoms with van der Waals surface area (Å²) in [5, 5.41) is 0. The Morgan fingerprint density at radius 1 is 1.29 bits per heavy atom. The van der Waals surface area contributed by atoms with Crippen LogP contribution in [0.5, 0.6) is 0 Å². The van der Waals surface area contributed by atoms with E-state index in [-0.39, 0.29) is 0 Å². The smallest absolute Gasteiger partial charge is 0.0258 e. The quantitative estimate of drug-likeness (QED) is 0.541. The van der Waals surface area contributed by atoms with Gasteiger partial charge in [-0.15, -0.1) is 0 Å². The molecule has 0 aliphatic heterocycles. The van der Waals surface area contributed by atoms with Crippen molar-refractivity contribution in [1.29, 1.82) is 0 Å². The van der Waals surface area contributed by atoms with Gasteiger partial charge in [-0.1, -0.05) is 13.8 Å². The molecule has 0 saturated carbocycles. The molecule has 0 bridgehead atoms. The summed E-state index contributed by atoms with van der Waals surface area (Å²) in [6, 6.07) is 0. The second-order valence-corrected chi connectivity index (χ2v) is 4.69. The lowest BCUT2D eigenvalue weighted by atomic mass is 10.6. The van der Waals surface area contributed by atoms with E-state index in [4.69, 9.17) is 0 Å². The molecular weight excluding hydrogens is 104 g/mol. The summed E-state index contributed by atoms with van der Waals surface area (Å²) >= 11 is 0. The van der Waals surface area contributed by atoms with Crippen molar-refractivity contribution < 1.29 is 0 Å². The summed E-state index contributed by atoms with van der Waals surface area (Å²) in [7, 11) is 0.422. The van der Waals surface area contributed by atoms with E-state index in [9.17, 15) is 0 Å². The van der Waals surface area contributed by atoms with E-state index in [0.29, 0.717) is 10.9 Å². The molecular formula is C6H16S. The molecule has 0 aromatic heterocycles. The van der Waals surface area contributed by atoms with Crippen LogP contribution >= 0.6 is 10.9 Å². The summed E-state index contributed by atoms with van der Waals surface area (Å²) in [6.07, 6.45) is 3.74. The van der Waals surface area contributed by atoms with Crippen molar-refractivity contribution in [2.24, 2.45) is 0 Å². The maximum absolute atomic E-state index is 2.37. The van der Waals surface area contributed by atoms with Crippen molar-refractivity contribution in [1.82, 2.24) is 0 Å². The van der Waals surface area contributed by atoms with Crippen LogP contribution in [0.4, 0.5) is 0 Å². The highest BCUT2D eigenvalue weighted by molar-refractivity contribution is 8.16. The lowest BCUT2D eigenvalue weighted by molar-refractivity contribution is 1.10. The second kappa shape index (κ2) is 4.51. The van der Waals surface area contributed by atoms with Crippen molar-refractivity contribution in [2.75, 3.05) is 17.8 Å². The van der Waals surface area contributed by atoms with Gasteiger partial charge in [0.05, 0.1) is 0 Å². The Balaban J connectivity index is 2.83. The highest BCUT2D eigenvalue weighted by atomic mass is 32.2.